The average Bonchev–Trinajstić information content (AvgIpc) is 2.77. The quantitative estimate of drug-likeness (QED) is 0.284. The Balaban J connectivity index is 1.99. The van der Waals surface area contributed by atoms with Crippen LogP contribution < -0.4 is 16.0 Å². The molecule has 0 spiro atoms. The van der Waals surface area contributed by atoms with Crippen LogP contribution in [0.25, 0.3) is 0 Å². The Morgan fingerprint density at radius 1 is 1.11 bits per heavy atom. The largest absolute Gasteiger partial charge is 0.508 e. The van der Waals surface area contributed by atoms with Gasteiger partial charge in [-0.25, -0.2) is 19.6 Å². The molecule has 0 saturated heterocycles. The molecule has 1 aromatic carbocycles. The van der Waals surface area contributed by atoms with Crippen molar-refractivity contribution >= 4 is 23.9 Å². The minimum atomic E-state index is -1.14. The van der Waals surface area contributed by atoms with Crippen molar-refractivity contribution in [3.8, 4) is 5.75 Å². The predicted octanol–water partition coefficient (Wildman–Crippen LogP) is 2.64. The summed E-state index contributed by atoms with van der Waals surface area (Å²) in [7, 11) is 1.19. The number of aromatic nitrogens is 2. The summed E-state index contributed by atoms with van der Waals surface area (Å²) >= 11 is 0. The highest BCUT2D eigenvalue weighted by atomic mass is 16.6. The van der Waals surface area contributed by atoms with Gasteiger partial charge in [0.05, 0.1) is 30.6 Å². The summed E-state index contributed by atoms with van der Waals surface area (Å²) in [5.74, 6) is -0.671. The number of hydrogen-bond acceptors (Lipinski definition) is 9. The number of phenolic OH excluding ortho intramolecular Hbond substituents is 1. The zero-order valence-corrected chi connectivity index (χ0v) is 21.6. The van der Waals surface area contributed by atoms with Gasteiger partial charge in [-0.3, -0.25) is 4.79 Å². The van der Waals surface area contributed by atoms with E-state index in [9.17, 15) is 19.5 Å². The number of amides is 2. The molecule has 0 unspecified atom stereocenters. The number of nitrogens with zero attached hydrogens (tertiary/aromatic N) is 2. The Labute approximate surface area is 211 Å². The molecule has 1 atom stereocenters. The minimum Gasteiger partial charge on any atom is -0.508 e. The van der Waals surface area contributed by atoms with Gasteiger partial charge in [0.1, 0.15) is 17.4 Å². The van der Waals surface area contributed by atoms with Crippen LogP contribution in [0.1, 0.15) is 54.5 Å². The van der Waals surface area contributed by atoms with Crippen LogP contribution in [0.15, 0.2) is 24.3 Å². The van der Waals surface area contributed by atoms with Crippen LogP contribution in [0.3, 0.4) is 0 Å². The monoisotopic (exact) mass is 501 g/mol. The first-order valence-corrected chi connectivity index (χ1v) is 11.6. The van der Waals surface area contributed by atoms with Crippen molar-refractivity contribution in [3.63, 3.8) is 0 Å². The van der Waals surface area contributed by atoms with Crippen molar-refractivity contribution in [1.29, 1.82) is 0 Å². The Bertz CT molecular complexity index is 1060. The molecule has 0 aliphatic carbocycles. The molecular weight excluding hydrogens is 466 g/mol. The number of ether oxygens (including phenoxy) is 2. The van der Waals surface area contributed by atoms with E-state index < -0.39 is 29.6 Å². The standard InChI is InChI=1S/C25H35N5O6/c1-15-20(21(32)30-19(22(33)35-6)14-27-24(34)36-25(3,4)5)16(2)29-23(28-15)26-12-8-10-17-9-7-11-18(31)13-17/h7,9,11,13,19,31H,8,10,12,14H2,1-6H3,(H,27,34)(H,30,32)(H,26,28,29)/t19-/m0/s1. The summed E-state index contributed by atoms with van der Waals surface area (Å²) in [6, 6.07) is 5.97. The summed E-state index contributed by atoms with van der Waals surface area (Å²) in [6.45, 7) is 8.87. The van der Waals surface area contributed by atoms with Crippen LogP contribution >= 0.6 is 0 Å². The molecule has 4 N–H and O–H groups in total. The van der Waals surface area contributed by atoms with E-state index in [0.29, 0.717) is 23.9 Å². The molecule has 1 aromatic heterocycles. The number of esters is 1. The molecule has 0 saturated carbocycles. The Kier molecular flexibility index (Phi) is 10.0. The Morgan fingerprint density at radius 2 is 1.78 bits per heavy atom. The third kappa shape index (κ3) is 9.05. The highest BCUT2D eigenvalue weighted by Crippen LogP contribution is 2.15. The number of alkyl carbamates (subject to hydrolysis) is 1. The summed E-state index contributed by atoms with van der Waals surface area (Å²) < 4.78 is 9.91. The maximum absolute atomic E-state index is 13.0. The van der Waals surface area contributed by atoms with Crippen molar-refractivity contribution in [2.45, 2.75) is 59.1 Å². The third-order valence-corrected chi connectivity index (χ3v) is 4.97. The molecule has 0 fully saturated rings. The van der Waals surface area contributed by atoms with Crippen LogP contribution in [-0.4, -0.2) is 64.9 Å². The molecule has 2 aromatic rings. The number of anilines is 1. The highest BCUT2D eigenvalue weighted by molar-refractivity contribution is 5.98. The smallest absolute Gasteiger partial charge is 0.407 e. The minimum absolute atomic E-state index is 0.217. The molecule has 0 bridgehead atoms. The second-order valence-electron chi connectivity index (χ2n) is 9.23. The van der Waals surface area contributed by atoms with Crippen LogP contribution in [0.4, 0.5) is 10.7 Å². The number of aryl methyl sites for hydroxylation is 3. The number of benzene rings is 1. The van der Waals surface area contributed by atoms with E-state index in [1.165, 1.54) is 7.11 Å². The fraction of sp³-hybridized carbons (Fsp3) is 0.480. The van der Waals surface area contributed by atoms with Crippen molar-refractivity contribution < 1.29 is 29.0 Å². The maximum atomic E-state index is 13.0. The lowest BCUT2D eigenvalue weighted by molar-refractivity contribution is -0.142. The second kappa shape index (κ2) is 12.7. The maximum Gasteiger partial charge on any atom is 0.407 e. The number of phenols is 1. The molecule has 196 valence electrons. The predicted molar refractivity (Wildman–Crippen MR) is 134 cm³/mol. The van der Waals surface area contributed by atoms with Crippen molar-refractivity contribution in [1.82, 2.24) is 20.6 Å². The first-order chi connectivity index (χ1) is 16.9. The van der Waals surface area contributed by atoms with E-state index in [4.69, 9.17) is 9.47 Å². The van der Waals surface area contributed by atoms with Crippen LogP contribution in [0.5, 0.6) is 5.75 Å². The van der Waals surface area contributed by atoms with Crippen molar-refractivity contribution in [2.24, 2.45) is 0 Å². The van der Waals surface area contributed by atoms with Crippen molar-refractivity contribution in [2.75, 3.05) is 25.5 Å². The summed E-state index contributed by atoms with van der Waals surface area (Å²) in [5.41, 5.74) is 1.41. The third-order valence-electron chi connectivity index (χ3n) is 4.97. The zero-order valence-electron chi connectivity index (χ0n) is 21.6. The first kappa shape index (κ1) is 28.3. The number of aromatic hydroxyl groups is 1. The summed E-state index contributed by atoms with van der Waals surface area (Å²) in [5, 5.41) is 17.7. The van der Waals surface area contributed by atoms with E-state index in [1.807, 2.05) is 6.07 Å². The highest BCUT2D eigenvalue weighted by Gasteiger charge is 2.26. The molecule has 2 rings (SSSR count). The van der Waals surface area contributed by atoms with E-state index in [1.54, 1.807) is 52.8 Å². The molecule has 11 nitrogen and oxygen atoms in total. The van der Waals surface area contributed by atoms with Gasteiger partial charge in [-0.1, -0.05) is 12.1 Å². The number of methoxy groups -OCH3 is 1. The number of hydrogen-bond donors (Lipinski definition) is 4. The van der Waals surface area contributed by atoms with Gasteiger partial charge < -0.3 is 30.5 Å². The van der Waals surface area contributed by atoms with Gasteiger partial charge in [-0.05, 0) is 65.2 Å². The molecule has 1 heterocycles. The SMILES string of the molecule is COC(=O)[C@H](CNC(=O)OC(C)(C)C)NC(=O)c1c(C)nc(NCCCc2cccc(O)c2)nc1C. The van der Waals surface area contributed by atoms with Gasteiger partial charge in [0.15, 0.2) is 0 Å². The number of carbonyl (C=O) groups is 3. The molecule has 2 amide bonds. The molecule has 0 aliphatic rings. The topological polar surface area (TPSA) is 152 Å². The van der Waals surface area contributed by atoms with Gasteiger partial charge in [0, 0.05) is 6.54 Å². The average molecular weight is 502 g/mol. The lowest BCUT2D eigenvalue weighted by Gasteiger charge is -2.22. The number of nitrogens with one attached hydrogen (secondary N) is 3. The van der Waals surface area contributed by atoms with Gasteiger partial charge in [-0.15, -0.1) is 0 Å². The van der Waals surface area contributed by atoms with E-state index in [-0.39, 0.29) is 17.9 Å². The summed E-state index contributed by atoms with van der Waals surface area (Å²) in [6.07, 6.45) is 0.839. The van der Waals surface area contributed by atoms with Gasteiger partial charge in [-0.2, -0.15) is 0 Å². The molecule has 11 heteroatoms. The van der Waals surface area contributed by atoms with E-state index in [2.05, 4.69) is 25.9 Å². The van der Waals surface area contributed by atoms with Crippen LogP contribution in [0.2, 0.25) is 0 Å². The summed E-state index contributed by atoms with van der Waals surface area (Å²) in [4.78, 5) is 45.8. The Hall–Kier alpha value is -3.89. The lowest BCUT2D eigenvalue weighted by atomic mass is 10.1. The van der Waals surface area contributed by atoms with Gasteiger partial charge in [0.25, 0.3) is 5.91 Å². The molecular formula is C25H35N5O6. The Morgan fingerprint density at radius 3 is 2.36 bits per heavy atom. The van der Waals surface area contributed by atoms with Gasteiger partial charge >= 0.3 is 12.1 Å². The normalized spacial score (nSPS) is 11.8. The molecule has 0 aliphatic heterocycles. The fourth-order valence-corrected chi connectivity index (χ4v) is 3.39. The molecule has 36 heavy (non-hydrogen) atoms. The van der Waals surface area contributed by atoms with Gasteiger partial charge in [0.2, 0.25) is 5.95 Å². The lowest BCUT2D eigenvalue weighted by Crippen LogP contribution is -2.50. The van der Waals surface area contributed by atoms with Crippen LogP contribution in [-0.2, 0) is 20.7 Å². The van der Waals surface area contributed by atoms with E-state index in [0.717, 1.165) is 18.4 Å². The van der Waals surface area contributed by atoms with E-state index >= 15 is 0 Å². The number of rotatable bonds is 10. The van der Waals surface area contributed by atoms with Crippen molar-refractivity contribution in [3.05, 3.63) is 46.8 Å². The number of carbonyl (C=O) groups excluding carboxylic acids is 3. The fourth-order valence-electron chi connectivity index (χ4n) is 3.39. The second-order valence-corrected chi connectivity index (χ2v) is 9.23. The molecule has 0 radical (unpaired) electrons. The zero-order chi connectivity index (χ0) is 26.9. The first-order valence-electron chi connectivity index (χ1n) is 11.6. The van der Waals surface area contributed by atoms with Crippen LogP contribution in [0, 0.1) is 13.8 Å².